The number of Topliss-reactive ketones (excluding diaryl/α,β-unsaturated/α-hetero) is 1. The number of benzene rings is 2. The summed E-state index contributed by atoms with van der Waals surface area (Å²) in [6.45, 7) is 8.92. The first-order chi connectivity index (χ1) is 20.1. The molecule has 0 aliphatic carbocycles. The number of rotatable bonds is 10. The molecule has 0 unspecified atom stereocenters. The van der Waals surface area contributed by atoms with Gasteiger partial charge in [-0.15, -0.1) is 0 Å². The Morgan fingerprint density at radius 3 is 2.07 bits per heavy atom. The molecule has 42 heavy (non-hydrogen) atoms. The third-order valence-electron chi connectivity index (χ3n) is 8.29. The molecule has 2 aromatic rings. The molecule has 2 saturated heterocycles. The standard InChI is InChI=1S/C34H46N2O6/c1-24(31(40-5)28-19-14-20-35(28)33(39)42-34(2,3)4)29(37)23-27(32(38)36-21-12-13-22-41-36)30(25-15-8-6-9-16-25)26-17-10-7-11-18-26/h6-11,15-18,24,27-28,30-31H,12-14,19-23H2,1-5H3/t24-,27-,28-,31+/m0/s1. The number of hydroxylamine groups is 2. The molecule has 2 heterocycles. The van der Waals surface area contributed by atoms with Gasteiger partial charge in [-0.1, -0.05) is 67.6 Å². The molecule has 0 aromatic heterocycles. The molecule has 0 saturated carbocycles. The summed E-state index contributed by atoms with van der Waals surface area (Å²) in [4.78, 5) is 48.8. The van der Waals surface area contributed by atoms with E-state index in [1.807, 2.05) is 88.4 Å². The molecule has 0 spiro atoms. The molecule has 0 bridgehead atoms. The highest BCUT2D eigenvalue weighted by atomic mass is 16.7. The van der Waals surface area contributed by atoms with Crippen LogP contribution in [0.2, 0.25) is 0 Å². The van der Waals surface area contributed by atoms with Gasteiger partial charge in [-0.2, -0.15) is 0 Å². The molecule has 8 heteroatoms. The van der Waals surface area contributed by atoms with Gasteiger partial charge in [-0.25, -0.2) is 9.86 Å². The fourth-order valence-corrected chi connectivity index (χ4v) is 6.24. The van der Waals surface area contributed by atoms with Crippen molar-refractivity contribution in [1.29, 1.82) is 0 Å². The van der Waals surface area contributed by atoms with E-state index in [1.54, 1.807) is 12.0 Å². The highest BCUT2D eigenvalue weighted by Gasteiger charge is 2.43. The Hall–Kier alpha value is -3.23. The molecule has 228 valence electrons. The number of likely N-dealkylation sites (tertiary alicyclic amines) is 1. The van der Waals surface area contributed by atoms with Crippen molar-refractivity contribution in [3.63, 3.8) is 0 Å². The van der Waals surface area contributed by atoms with E-state index in [2.05, 4.69) is 0 Å². The lowest BCUT2D eigenvalue weighted by Gasteiger charge is -2.36. The third kappa shape index (κ3) is 7.78. The summed E-state index contributed by atoms with van der Waals surface area (Å²) in [5.41, 5.74) is 1.31. The predicted octanol–water partition coefficient (Wildman–Crippen LogP) is 6.00. The number of ketones is 1. The van der Waals surface area contributed by atoms with Crippen LogP contribution in [0, 0.1) is 11.8 Å². The Bertz CT molecular complexity index is 1140. The first-order valence-electron chi connectivity index (χ1n) is 15.2. The summed E-state index contributed by atoms with van der Waals surface area (Å²) in [6.07, 6.45) is 2.39. The Morgan fingerprint density at radius 2 is 1.55 bits per heavy atom. The lowest BCUT2D eigenvalue weighted by Crippen LogP contribution is -2.49. The Morgan fingerprint density at radius 1 is 0.929 bits per heavy atom. The van der Waals surface area contributed by atoms with E-state index in [-0.39, 0.29) is 30.1 Å². The highest BCUT2D eigenvalue weighted by Crippen LogP contribution is 2.37. The smallest absolute Gasteiger partial charge is 0.410 e. The number of methoxy groups -OCH3 is 1. The summed E-state index contributed by atoms with van der Waals surface area (Å²) in [6, 6.07) is 19.5. The fourth-order valence-electron chi connectivity index (χ4n) is 6.24. The van der Waals surface area contributed by atoms with E-state index in [0.29, 0.717) is 19.7 Å². The zero-order valence-electron chi connectivity index (χ0n) is 25.7. The van der Waals surface area contributed by atoms with Crippen LogP contribution in [-0.4, -0.2) is 72.3 Å². The molecule has 2 aromatic carbocycles. The van der Waals surface area contributed by atoms with Crippen molar-refractivity contribution in [3.05, 3.63) is 71.8 Å². The van der Waals surface area contributed by atoms with Gasteiger partial charge in [0.2, 0.25) is 0 Å². The van der Waals surface area contributed by atoms with Crippen LogP contribution < -0.4 is 0 Å². The van der Waals surface area contributed by atoms with Crippen molar-refractivity contribution in [2.45, 2.75) is 83.5 Å². The van der Waals surface area contributed by atoms with Crippen LogP contribution >= 0.6 is 0 Å². The number of hydrogen-bond donors (Lipinski definition) is 0. The molecule has 4 rings (SSSR count). The second-order valence-corrected chi connectivity index (χ2v) is 12.4. The van der Waals surface area contributed by atoms with Gasteiger partial charge >= 0.3 is 6.09 Å². The third-order valence-corrected chi connectivity index (χ3v) is 8.29. The molecule has 2 aliphatic rings. The average molecular weight is 579 g/mol. The van der Waals surface area contributed by atoms with E-state index in [9.17, 15) is 14.4 Å². The summed E-state index contributed by atoms with van der Waals surface area (Å²) in [5, 5.41) is 1.46. The van der Waals surface area contributed by atoms with Crippen LogP contribution in [0.15, 0.2) is 60.7 Å². The normalized spacial score (nSPS) is 19.8. The lowest BCUT2D eigenvalue weighted by molar-refractivity contribution is -0.202. The van der Waals surface area contributed by atoms with E-state index >= 15 is 0 Å². The van der Waals surface area contributed by atoms with Crippen LogP contribution in [0.5, 0.6) is 0 Å². The van der Waals surface area contributed by atoms with Crippen molar-refractivity contribution in [3.8, 4) is 0 Å². The SMILES string of the molecule is CO[C@H]([C@@H](C)C(=O)C[C@H](C(=O)N1CCCCO1)C(c1ccccc1)c1ccccc1)[C@@H]1CCCN1C(=O)OC(C)(C)C. The monoisotopic (exact) mass is 578 g/mol. The Kier molecular flexibility index (Phi) is 10.8. The number of amides is 2. The lowest BCUT2D eigenvalue weighted by atomic mass is 9.76. The predicted molar refractivity (Wildman–Crippen MR) is 161 cm³/mol. The molecule has 0 N–H and O–H groups in total. The molecular weight excluding hydrogens is 532 g/mol. The Balaban J connectivity index is 1.63. The molecule has 4 atom stereocenters. The fraction of sp³-hybridized carbons (Fsp3) is 0.559. The van der Waals surface area contributed by atoms with Gasteiger partial charge in [-0.3, -0.25) is 14.4 Å². The van der Waals surface area contributed by atoms with Gasteiger partial charge in [0, 0.05) is 38.5 Å². The summed E-state index contributed by atoms with van der Waals surface area (Å²) < 4.78 is 11.6. The zero-order valence-corrected chi connectivity index (χ0v) is 25.7. The summed E-state index contributed by atoms with van der Waals surface area (Å²) in [7, 11) is 1.58. The maximum atomic E-state index is 14.2. The van der Waals surface area contributed by atoms with Crippen LogP contribution in [-0.2, 0) is 23.9 Å². The minimum absolute atomic E-state index is 0.0212. The van der Waals surface area contributed by atoms with E-state index in [1.165, 1.54) is 5.06 Å². The topological polar surface area (TPSA) is 85.4 Å². The molecule has 0 radical (unpaired) electrons. The first kappa shape index (κ1) is 31.7. The van der Waals surface area contributed by atoms with Crippen LogP contribution in [0.4, 0.5) is 4.79 Å². The van der Waals surface area contributed by atoms with Crippen LogP contribution in [0.3, 0.4) is 0 Å². The van der Waals surface area contributed by atoms with E-state index in [0.717, 1.165) is 36.8 Å². The van der Waals surface area contributed by atoms with Gasteiger partial charge in [0.05, 0.1) is 24.7 Å². The minimum Gasteiger partial charge on any atom is -0.444 e. The van der Waals surface area contributed by atoms with Gasteiger partial charge < -0.3 is 14.4 Å². The van der Waals surface area contributed by atoms with Gasteiger partial charge in [0.1, 0.15) is 11.4 Å². The molecule has 2 aliphatic heterocycles. The highest BCUT2D eigenvalue weighted by molar-refractivity contribution is 5.89. The summed E-state index contributed by atoms with van der Waals surface area (Å²) in [5.74, 6) is -1.82. The maximum absolute atomic E-state index is 14.2. The zero-order chi connectivity index (χ0) is 30.3. The number of ether oxygens (including phenoxy) is 2. The second kappa shape index (κ2) is 14.3. The molecule has 8 nitrogen and oxygen atoms in total. The van der Waals surface area contributed by atoms with Crippen LogP contribution in [0.1, 0.15) is 76.8 Å². The van der Waals surface area contributed by atoms with E-state index in [4.69, 9.17) is 14.3 Å². The van der Waals surface area contributed by atoms with Crippen molar-refractivity contribution < 1.29 is 28.7 Å². The average Bonchev–Trinajstić information content (AvgIpc) is 3.47. The first-order valence-corrected chi connectivity index (χ1v) is 15.2. The number of carbonyl (C=O) groups excluding carboxylic acids is 3. The van der Waals surface area contributed by atoms with Crippen molar-refractivity contribution >= 4 is 17.8 Å². The second-order valence-electron chi connectivity index (χ2n) is 12.4. The van der Waals surface area contributed by atoms with Crippen LogP contribution in [0.25, 0.3) is 0 Å². The largest absolute Gasteiger partial charge is 0.444 e. The maximum Gasteiger partial charge on any atom is 0.410 e. The van der Waals surface area contributed by atoms with Crippen molar-refractivity contribution in [2.24, 2.45) is 11.8 Å². The van der Waals surface area contributed by atoms with Crippen molar-refractivity contribution in [2.75, 3.05) is 26.8 Å². The number of nitrogens with zero attached hydrogens (tertiary/aromatic N) is 2. The molecule has 2 fully saturated rings. The molecular formula is C34H46N2O6. The quantitative estimate of drug-likeness (QED) is 0.344. The number of carbonyl (C=O) groups is 3. The minimum atomic E-state index is -0.675. The van der Waals surface area contributed by atoms with Crippen molar-refractivity contribution in [1.82, 2.24) is 9.96 Å². The summed E-state index contributed by atoms with van der Waals surface area (Å²) >= 11 is 0. The van der Waals surface area contributed by atoms with E-state index < -0.39 is 29.6 Å². The molecule has 2 amide bonds. The van der Waals surface area contributed by atoms with Gasteiger partial charge in [-0.05, 0) is 57.6 Å². The van der Waals surface area contributed by atoms with Gasteiger partial charge in [0.15, 0.2) is 0 Å². The Labute approximate surface area is 250 Å². The number of hydrogen-bond acceptors (Lipinski definition) is 6. The van der Waals surface area contributed by atoms with Gasteiger partial charge in [0.25, 0.3) is 5.91 Å².